The van der Waals surface area contributed by atoms with Crippen LogP contribution in [0.2, 0.25) is 0 Å². The smallest absolute Gasteiger partial charge is 0.272 e. The Balaban J connectivity index is 0.00000169. The van der Waals surface area contributed by atoms with Crippen LogP contribution in [0.5, 0.6) is 0 Å². The predicted octanol–water partition coefficient (Wildman–Crippen LogP) is 2.74. The molecule has 130 valence electrons. The third-order valence-corrected chi connectivity index (χ3v) is 5.65. The maximum atomic E-state index is 12.7. The van der Waals surface area contributed by atoms with Gasteiger partial charge in [-0.25, -0.2) is 0 Å². The van der Waals surface area contributed by atoms with E-state index >= 15 is 0 Å². The van der Waals surface area contributed by atoms with Crippen LogP contribution in [0.3, 0.4) is 0 Å². The normalized spacial score (nSPS) is 26.8. The highest BCUT2D eigenvalue weighted by atomic mass is 35.5. The van der Waals surface area contributed by atoms with Gasteiger partial charge in [-0.1, -0.05) is 24.6 Å². The zero-order chi connectivity index (χ0) is 16.0. The molecule has 2 bridgehead atoms. The van der Waals surface area contributed by atoms with Gasteiger partial charge in [0.05, 0.1) is 5.52 Å². The van der Waals surface area contributed by atoms with Crippen LogP contribution in [0.25, 0.3) is 10.9 Å². The van der Waals surface area contributed by atoms with Crippen LogP contribution >= 0.6 is 12.4 Å². The first-order chi connectivity index (χ1) is 11.1. The average Bonchev–Trinajstić information content (AvgIpc) is 2.86. The number of nitrogens with zero attached hydrogens (tertiary/aromatic N) is 3. The van der Waals surface area contributed by atoms with Crippen LogP contribution in [0.15, 0.2) is 24.3 Å². The van der Waals surface area contributed by atoms with E-state index in [0.717, 1.165) is 23.7 Å². The van der Waals surface area contributed by atoms with Gasteiger partial charge in [0.25, 0.3) is 5.91 Å². The van der Waals surface area contributed by atoms with Crippen molar-refractivity contribution < 1.29 is 4.79 Å². The van der Waals surface area contributed by atoms with Crippen molar-refractivity contribution in [2.45, 2.75) is 50.2 Å². The van der Waals surface area contributed by atoms with Crippen molar-refractivity contribution >= 4 is 29.2 Å². The van der Waals surface area contributed by atoms with E-state index in [-0.39, 0.29) is 24.4 Å². The molecular weight excluding hydrogens is 324 g/mol. The Morgan fingerprint density at radius 3 is 2.54 bits per heavy atom. The molecule has 2 aliphatic heterocycles. The molecule has 1 N–H and O–H groups in total. The van der Waals surface area contributed by atoms with Gasteiger partial charge in [0, 0.05) is 30.6 Å². The third-order valence-electron chi connectivity index (χ3n) is 5.65. The van der Waals surface area contributed by atoms with Crippen molar-refractivity contribution in [2.75, 3.05) is 7.05 Å². The third kappa shape index (κ3) is 2.91. The van der Waals surface area contributed by atoms with E-state index in [1.54, 1.807) is 4.68 Å². The number of rotatable bonds is 2. The number of hydrogen-bond donors (Lipinski definition) is 1. The van der Waals surface area contributed by atoms with Gasteiger partial charge in [0.2, 0.25) is 0 Å². The summed E-state index contributed by atoms with van der Waals surface area (Å²) in [6.07, 6.45) is 5.95. The van der Waals surface area contributed by atoms with Crippen molar-refractivity contribution in [3.63, 3.8) is 0 Å². The lowest BCUT2D eigenvalue weighted by Gasteiger charge is -2.47. The van der Waals surface area contributed by atoms with Gasteiger partial charge in [-0.2, -0.15) is 5.10 Å². The van der Waals surface area contributed by atoms with Crippen molar-refractivity contribution in [3.8, 4) is 0 Å². The molecule has 0 saturated carbocycles. The first-order valence-electron chi connectivity index (χ1n) is 8.58. The summed E-state index contributed by atoms with van der Waals surface area (Å²) < 4.78 is 1.79. The summed E-state index contributed by atoms with van der Waals surface area (Å²) in [4.78, 5) is 15.3. The second-order valence-electron chi connectivity index (χ2n) is 7.04. The van der Waals surface area contributed by atoms with Gasteiger partial charge in [-0.15, -0.1) is 12.4 Å². The Morgan fingerprint density at radius 2 is 1.83 bits per heavy atom. The van der Waals surface area contributed by atoms with E-state index in [1.165, 1.54) is 19.3 Å². The summed E-state index contributed by atoms with van der Waals surface area (Å²) in [5.74, 6) is -0.0329. The molecule has 2 aromatic rings. The van der Waals surface area contributed by atoms with Crippen molar-refractivity contribution in [1.82, 2.24) is 20.0 Å². The zero-order valence-electron chi connectivity index (χ0n) is 14.2. The SMILES string of the molecule is CN1[C@@H]2CCC[C@H]1CC(NC(=O)c1nn(C)c3ccccc13)C2.Cl. The maximum Gasteiger partial charge on any atom is 0.272 e. The Kier molecular flexibility index (Phi) is 4.83. The van der Waals surface area contributed by atoms with Gasteiger partial charge in [-0.3, -0.25) is 9.48 Å². The maximum absolute atomic E-state index is 12.7. The number of nitrogens with one attached hydrogen (secondary N) is 1. The Labute approximate surface area is 148 Å². The Hall–Kier alpha value is -1.59. The molecule has 3 atom stereocenters. The first-order valence-corrected chi connectivity index (χ1v) is 8.58. The van der Waals surface area contributed by atoms with Crippen molar-refractivity contribution in [3.05, 3.63) is 30.0 Å². The topological polar surface area (TPSA) is 50.2 Å². The molecule has 1 amide bonds. The number of aromatic nitrogens is 2. The van der Waals surface area contributed by atoms with Gasteiger partial charge >= 0.3 is 0 Å². The van der Waals surface area contributed by atoms with Gasteiger partial charge in [-0.05, 0) is 38.8 Å². The highest BCUT2D eigenvalue weighted by Gasteiger charge is 2.36. The summed E-state index contributed by atoms with van der Waals surface area (Å²) in [5, 5.41) is 8.62. The molecule has 4 rings (SSSR count). The first kappa shape index (κ1) is 17.2. The highest BCUT2D eigenvalue weighted by molar-refractivity contribution is 6.04. The Bertz CT molecular complexity index is 730. The summed E-state index contributed by atoms with van der Waals surface area (Å²) in [7, 11) is 4.12. The standard InChI is InChI=1S/C18H24N4O.ClH/c1-21-13-6-5-7-14(21)11-12(10-13)19-18(23)17-15-8-3-4-9-16(15)22(2)20-17;/h3-4,8-9,12-14H,5-7,10-11H2,1-2H3,(H,19,23);1H/t12?,13-,14+;. The lowest BCUT2D eigenvalue weighted by molar-refractivity contribution is 0.0462. The molecule has 3 heterocycles. The summed E-state index contributed by atoms with van der Waals surface area (Å²) >= 11 is 0. The molecule has 1 unspecified atom stereocenters. The molecule has 2 aliphatic rings. The van der Waals surface area contributed by atoms with E-state index in [0.29, 0.717) is 17.8 Å². The molecule has 0 aliphatic carbocycles. The fourth-order valence-electron chi connectivity index (χ4n) is 4.37. The second-order valence-corrected chi connectivity index (χ2v) is 7.04. The van der Waals surface area contributed by atoms with Gasteiger partial charge in [0.1, 0.15) is 0 Å². The van der Waals surface area contributed by atoms with Crippen molar-refractivity contribution in [2.24, 2.45) is 7.05 Å². The van der Waals surface area contributed by atoms with E-state index in [2.05, 4.69) is 22.4 Å². The molecule has 6 heteroatoms. The number of aryl methyl sites for hydroxylation is 1. The molecule has 0 radical (unpaired) electrons. The van der Waals surface area contributed by atoms with Gasteiger partial charge < -0.3 is 10.2 Å². The lowest BCUT2D eigenvalue weighted by Crippen LogP contribution is -2.55. The molecule has 2 saturated heterocycles. The molecule has 5 nitrogen and oxygen atoms in total. The summed E-state index contributed by atoms with van der Waals surface area (Å²) in [6.45, 7) is 0. The minimum Gasteiger partial charge on any atom is -0.348 e. The van der Waals surface area contributed by atoms with Gasteiger partial charge in [0.15, 0.2) is 5.69 Å². The molecule has 2 fully saturated rings. The number of para-hydroxylation sites is 1. The van der Waals surface area contributed by atoms with Crippen LogP contribution in [0.1, 0.15) is 42.6 Å². The minimum atomic E-state index is -0.0329. The van der Waals surface area contributed by atoms with E-state index in [4.69, 9.17) is 0 Å². The number of piperidine rings is 2. The molecular formula is C18H25ClN4O. The van der Waals surface area contributed by atoms with E-state index < -0.39 is 0 Å². The van der Waals surface area contributed by atoms with E-state index in [9.17, 15) is 4.79 Å². The zero-order valence-corrected chi connectivity index (χ0v) is 15.1. The van der Waals surface area contributed by atoms with Crippen LogP contribution in [-0.2, 0) is 7.05 Å². The number of amides is 1. The fourth-order valence-corrected chi connectivity index (χ4v) is 4.37. The minimum absolute atomic E-state index is 0. The quantitative estimate of drug-likeness (QED) is 0.907. The summed E-state index contributed by atoms with van der Waals surface area (Å²) in [6, 6.07) is 9.42. The Morgan fingerprint density at radius 1 is 1.17 bits per heavy atom. The lowest BCUT2D eigenvalue weighted by atomic mass is 9.82. The van der Waals surface area contributed by atoms with Crippen LogP contribution in [0.4, 0.5) is 0 Å². The van der Waals surface area contributed by atoms with Crippen LogP contribution in [0, 0.1) is 0 Å². The predicted molar refractivity (Wildman–Crippen MR) is 97.6 cm³/mol. The highest BCUT2D eigenvalue weighted by Crippen LogP contribution is 2.32. The molecule has 24 heavy (non-hydrogen) atoms. The largest absolute Gasteiger partial charge is 0.348 e. The average molecular weight is 349 g/mol. The second kappa shape index (κ2) is 6.73. The monoisotopic (exact) mass is 348 g/mol. The molecule has 1 aromatic carbocycles. The number of carbonyl (C=O) groups is 1. The summed E-state index contributed by atoms with van der Waals surface area (Å²) in [5.41, 5.74) is 1.55. The van der Waals surface area contributed by atoms with E-state index in [1.807, 2.05) is 31.3 Å². The van der Waals surface area contributed by atoms with Crippen LogP contribution in [-0.4, -0.2) is 45.8 Å². The number of benzene rings is 1. The number of carbonyl (C=O) groups excluding carboxylic acids is 1. The molecule has 1 aromatic heterocycles. The number of fused-ring (bicyclic) bond motifs is 3. The number of hydrogen-bond acceptors (Lipinski definition) is 3. The number of halogens is 1. The van der Waals surface area contributed by atoms with Crippen molar-refractivity contribution in [1.29, 1.82) is 0 Å². The molecule has 0 spiro atoms. The van der Waals surface area contributed by atoms with Crippen LogP contribution < -0.4 is 5.32 Å². The fraction of sp³-hybridized carbons (Fsp3) is 0.556.